The van der Waals surface area contributed by atoms with E-state index in [1.165, 1.54) is 29.7 Å². The predicted molar refractivity (Wildman–Crippen MR) is 104 cm³/mol. The van der Waals surface area contributed by atoms with Gasteiger partial charge in [-0.15, -0.1) is 11.3 Å². The summed E-state index contributed by atoms with van der Waals surface area (Å²) >= 11 is 1.50. The smallest absolute Gasteiger partial charge is 0.335 e. The molecule has 10 heteroatoms. The van der Waals surface area contributed by atoms with Gasteiger partial charge < -0.3 is 14.6 Å². The van der Waals surface area contributed by atoms with Crippen molar-refractivity contribution >= 4 is 17.3 Å². The van der Waals surface area contributed by atoms with Crippen LogP contribution in [0.3, 0.4) is 0 Å². The maximum Gasteiger partial charge on any atom is 0.335 e. The lowest BCUT2D eigenvalue weighted by Crippen LogP contribution is -2.14. The number of aromatic carboxylic acids is 1. The molecule has 5 rings (SSSR count). The molecule has 0 saturated heterocycles. The zero-order chi connectivity index (χ0) is 19.8. The minimum absolute atomic E-state index is 0.135. The summed E-state index contributed by atoms with van der Waals surface area (Å²) in [6, 6.07) is 6.66. The molecule has 0 bridgehead atoms. The van der Waals surface area contributed by atoms with Crippen LogP contribution >= 0.6 is 11.3 Å². The van der Waals surface area contributed by atoms with Crippen LogP contribution in [0.25, 0.3) is 33.2 Å². The number of hydrogen-bond acceptors (Lipinski definition) is 8. The van der Waals surface area contributed by atoms with E-state index in [4.69, 9.17) is 9.47 Å². The molecule has 4 aromatic rings. The average Bonchev–Trinajstić information content (AvgIpc) is 3.44. The van der Waals surface area contributed by atoms with E-state index >= 15 is 0 Å². The highest BCUT2D eigenvalue weighted by molar-refractivity contribution is 7.14. The molecular formula is C19H13N5O4S. The van der Waals surface area contributed by atoms with Crippen LogP contribution < -0.4 is 9.47 Å². The third-order valence-corrected chi connectivity index (χ3v) is 5.32. The average molecular weight is 407 g/mol. The number of H-pyrrole nitrogens is 1. The van der Waals surface area contributed by atoms with Crippen LogP contribution in [-0.2, 0) is 0 Å². The molecule has 29 heavy (non-hydrogen) atoms. The first kappa shape index (κ1) is 17.3. The number of carboxylic acid groups (broad SMARTS) is 1. The van der Waals surface area contributed by atoms with E-state index in [2.05, 4.69) is 25.4 Å². The van der Waals surface area contributed by atoms with Crippen molar-refractivity contribution in [1.29, 1.82) is 0 Å². The Labute approximate surface area is 168 Å². The van der Waals surface area contributed by atoms with Gasteiger partial charge in [0.15, 0.2) is 11.5 Å². The summed E-state index contributed by atoms with van der Waals surface area (Å²) in [5.74, 6) is 0.375. The number of pyridine rings is 2. The SMILES string of the molecule is O=C(O)c1ccnc(-c2cc(-c3scc4c3OCCO4)cc(-c3cn[nH]n3)n2)c1. The highest BCUT2D eigenvalue weighted by Crippen LogP contribution is 2.46. The fraction of sp³-hybridized carbons (Fsp3) is 0.105. The van der Waals surface area contributed by atoms with Gasteiger partial charge in [0.05, 0.1) is 33.7 Å². The summed E-state index contributed by atoms with van der Waals surface area (Å²) in [5.41, 5.74) is 3.07. The van der Waals surface area contributed by atoms with Gasteiger partial charge in [0.2, 0.25) is 0 Å². The Kier molecular flexibility index (Phi) is 4.17. The molecule has 0 aromatic carbocycles. The number of fused-ring (bicyclic) bond motifs is 1. The number of carboxylic acids is 1. The van der Waals surface area contributed by atoms with Crippen LogP contribution in [0.5, 0.6) is 11.5 Å². The second kappa shape index (κ2) is 6.99. The van der Waals surface area contributed by atoms with Crippen molar-refractivity contribution in [1.82, 2.24) is 25.4 Å². The molecule has 0 unspecified atom stereocenters. The predicted octanol–water partition coefficient (Wildman–Crippen LogP) is 3.13. The second-order valence-corrected chi connectivity index (χ2v) is 7.05. The van der Waals surface area contributed by atoms with Crippen molar-refractivity contribution in [3.8, 4) is 44.7 Å². The third kappa shape index (κ3) is 3.19. The second-order valence-electron chi connectivity index (χ2n) is 6.17. The fourth-order valence-electron chi connectivity index (χ4n) is 3.01. The molecule has 4 aromatic heterocycles. The maximum atomic E-state index is 11.4. The Morgan fingerprint density at radius 2 is 1.93 bits per heavy atom. The van der Waals surface area contributed by atoms with Crippen molar-refractivity contribution in [2.24, 2.45) is 0 Å². The first-order valence-electron chi connectivity index (χ1n) is 8.64. The van der Waals surface area contributed by atoms with Gasteiger partial charge in [-0.05, 0) is 29.8 Å². The maximum absolute atomic E-state index is 11.4. The van der Waals surface area contributed by atoms with Gasteiger partial charge in [-0.3, -0.25) is 4.98 Å². The van der Waals surface area contributed by atoms with Gasteiger partial charge in [-0.1, -0.05) is 0 Å². The lowest BCUT2D eigenvalue weighted by atomic mass is 10.1. The van der Waals surface area contributed by atoms with Crippen molar-refractivity contribution in [3.05, 3.63) is 47.6 Å². The largest absolute Gasteiger partial charge is 0.485 e. The van der Waals surface area contributed by atoms with Crippen molar-refractivity contribution < 1.29 is 19.4 Å². The summed E-state index contributed by atoms with van der Waals surface area (Å²) in [7, 11) is 0. The third-order valence-electron chi connectivity index (χ3n) is 4.34. The molecule has 0 aliphatic carbocycles. The number of carbonyl (C=O) groups is 1. The van der Waals surface area contributed by atoms with E-state index in [0.29, 0.717) is 47.5 Å². The number of thiophene rings is 1. The van der Waals surface area contributed by atoms with E-state index in [-0.39, 0.29) is 5.56 Å². The van der Waals surface area contributed by atoms with Gasteiger partial charge in [0, 0.05) is 11.6 Å². The quantitative estimate of drug-likeness (QED) is 0.529. The number of aromatic amines is 1. The first-order chi connectivity index (χ1) is 14.2. The van der Waals surface area contributed by atoms with Crippen LogP contribution in [0.1, 0.15) is 10.4 Å². The topological polar surface area (TPSA) is 123 Å². The van der Waals surface area contributed by atoms with Crippen molar-refractivity contribution in [2.45, 2.75) is 0 Å². The normalized spacial score (nSPS) is 12.7. The molecular weight excluding hydrogens is 394 g/mol. The molecule has 2 N–H and O–H groups in total. The molecule has 5 heterocycles. The molecule has 1 aliphatic heterocycles. The van der Waals surface area contributed by atoms with Crippen LogP contribution in [0.4, 0.5) is 0 Å². The number of nitrogens with zero attached hydrogens (tertiary/aromatic N) is 4. The fourth-order valence-corrected chi connectivity index (χ4v) is 3.94. The van der Waals surface area contributed by atoms with Crippen LogP contribution in [-0.4, -0.2) is 49.7 Å². The molecule has 0 saturated carbocycles. The molecule has 0 fully saturated rings. The van der Waals surface area contributed by atoms with E-state index in [9.17, 15) is 9.90 Å². The molecule has 0 spiro atoms. The number of ether oxygens (including phenoxy) is 2. The minimum Gasteiger partial charge on any atom is -0.485 e. The van der Waals surface area contributed by atoms with Gasteiger partial charge in [-0.25, -0.2) is 9.78 Å². The number of hydrogen-bond donors (Lipinski definition) is 2. The zero-order valence-corrected chi connectivity index (χ0v) is 15.6. The Morgan fingerprint density at radius 1 is 1.10 bits per heavy atom. The van der Waals surface area contributed by atoms with E-state index in [1.807, 2.05) is 17.5 Å². The van der Waals surface area contributed by atoms with E-state index in [1.54, 1.807) is 6.20 Å². The molecule has 0 radical (unpaired) electrons. The van der Waals surface area contributed by atoms with Gasteiger partial charge >= 0.3 is 5.97 Å². The Balaban J connectivity index is 1.69. The standard InChI is InChI=1S/C19H13N5O4S/c25-19(26)10-1-2-20-12(5-10)13-6-11(7-14(22-13)15-8-21-24-23-15)18-17-16(9-29-18)27-3-4-28-17/h1-2,5-9H,3-4H2,(H,25,26)(H,21,23,24). The van der Waals surface area contributed by atoms with E-state index in [0.717, 1.165) is 10.4 Å². The number of rotatable bonds is 4. The highest BCUT2D eigenvalue weighted by atomic mass is 32.1. The molecule has 0 atom stereocenters. The summed E-state index contributed by atoms with van der Waals surface area (Å²) < 4.78 is 11.5. The highest BCUT2D eigenvalue weighted by Gasteiger charge is 2.22. The van der Waals surface area contributed by atoms with Crippen molar-refractivity contribution in [2.75, 3.05) is 13.2 Å². The van der Waals surface area contributed by atoms with Crippen LogP contribution in [0.2, 0.25) is 0 Å². The molecule has 1 aliphatic rings. The number of aromatic nitrogens is 5. The van der Waals surface area contributed by atoms with E-state index < -0.39 is 5.97 Å². The Hall–Kier alpha value is -3.79. The van der Waals surface area contributed by atoms with Crippen molar-refractivity contribution in [3.63, 3.8) is 0 Å². The van der Waals surface area contributed by atoms with Gasteiger partial charge in [0.1, 0.15) is 18.9 Å². The summed E-state index contributed by atoms with van der Waals surface area (Å²) in [5, 5.41) is 21.7. The molecule has 9 nitrogen and oxygen atoms in total. The Bertz CT molecular complexity index is 1210. The summed E-state index contributed by atoms with van der Waals surface area (Å²) in [6.07, 6.45) is 3.02. The Morgan fingerprint density at radius 3 is 2.72 bits per heavy atom. The zero-order valence-electron chi connectivity index (χ0n) is 14.8. The van der Waals surface area contributed by atoms with Crippen LogP contribution in [0, 0.1) is 0 Å². The monoisotopic (exact) mass is 407 g/mol. The molecule has 0 amide bonds. The van der Waals surface area contributed by atoms with Crippen LogP contribution in [0.15, 0.2) is 42.0 Å². The summed E-state index contributed by atoms with van der Waals surface area (Å²) in [6.45, 7) is 0.994. The first-order valence-corrected chi connectivity index (χ1v) is 9.52. The number of nitrogens with one attached hydrogen (secondary N) is 1. The lowest BCUT2D eigenvalue weighted by Gasteiger charge is -2.16. The lowest BCUT2D eigenvalue weighted by molar-refractivity contribution is 0.0697. The minimum atomic E-state index is -1.03. The summed E-state index contributed by atoms with van der Waals surface area (Å²) in [4.78, 5) is 21.2. The van der Waals surface area contributed by atoms with Gasteiger partial charge in [-0.2, -0.15) is 15.4 Å². The molecule has 144 valence electrons. The van der Waals surface area contributed by atoms with Gasteiger partial charge in [0.25, 0.3) is 0 Å².